The van der Waals surface area contributed by atoms with Crippen molar-refractivity contribution in [3.05, 3.63) is 60.2 Å². The second-order valence-electron chi connectivity index (χ2n) is 6.01. The lowest BCUT2D eigenvalue weighted by Crippen LogP contribution is -2.48. The first-order chi connectivity index (χ1) is 12.2. The van der Waals surface area contributed by atoms with E-state index in [1.165, 1.54) is 0 Å². The third-order valence-corrected chi connectivity index (χ3v) is 4.38. The van der Waals surface area contributed by atoms with Crippen LogP contribution in [0.1, 0.15) is 5.56 Å². The molecule has 1 amide bonds. The molecule has 2 aromatic rings. The van der Waals surface area contributed by atoms with Crippen LogP contribution in [0.4, 0.5) is 11.4 Å². The molecule has 0 atom stereocenters. The van der Waals surface area contributed by atoms with Crippen LogP contribution in [0.2, 0.25) is 0 Å². The SMILES string of the molecule is COc1ccc(/C=C/C(=O)N2CCN(c3ccc(N)cc3)CC2)cc1. The van der Waals surface area contributed by atoms with E-state index in [-0.39, 0.29) is 5.91 Å². The summed E-state index contributed by atoms with van der Waals surface area (Å²) in [6, 6.07) is 15.5. The van der Waals surface area contributed by atoms with Crippen LogP contribution >= 0.6 is 0 Å². The maximum Gasteiger partial charge on any atom is 0.246 e. The maximum absolute atomic E-state index is 12.4. The topological polar surface area (TPSA) is 58.8 Å². The molecule has 1 aliphatic heterocycles. The van der Waals surface area contributed by atoms with Crippen molar-refractivity contribution in [2.24, 2.45) is 0 Å². The zero-order chi connectivity index (χ0) is 17.6. The van der Waals surface area contributed by atoms with Crippen LogP contribution in [-0.4, -0.2) is 44.1 Å². The third-order valence-electron chi connectivity index (χ3n) is 4.38. The van der Waals surface area contributed by atoms with Crippen molar-refractivity contribution in [1.29, 1.82) is 0 Å². The second-order valence-corrected chi connectivity index (χ2v) is 6.01. The molecule has 0 aliphatic carbocycles. The highest BCUT2D eigenvalue weighted by atomic mass is 16.5. The average Bonchev–Trinajstić information content (AvgIpc) is 2.67. The van der Waals surface area contributed by atoms with Gasteiger partial charge in [0.25, 0.3) is 0 Å². The van der Waals surface area contributed by atoms with Crippen molar-refractivity contribution in [2.45, 2.75) is 0 Å². The number of hydrogen-bond donors (Lipinski definition) is 1. The van der Waals surface area contributed by atoms with Crippen molar-refractivity contribution in [1.82, 2.24) is 4.90 Å². The van der Waals surface area contributed by atoms with E-state index in [0.717, 1.165) is 48.9 Å². The number of benzene rings is 2. The van der Waals surface area contributed by atoms with Crippen molar-refractivity contribution in [3.8, 4) is 5.75 Å². The van der Waals surface area contributed by atoms with Gasteiger partial charge in [0.15, 0.2) is 0 Å². The lowest BCUT2D eigenvalue weighted by atomic mass is 10.2. The molecule has 130 valence electrons. The Morgan fingerprint density at radius 3 is 2.24 bits per heavy atom. The second kappa shape index (κ2) is 7.75. The van der Waals surface area contributed by atoms with Crippen molar-refractivity contribution >= 4 is 23.4 Å². The van der Waals surface area contributed by atoms with Crippen LogP contribution in [0.15, 0.2) is 54.6 Å². The Hall–Kier alpha value is -2.95. The molecule has 0 radical (unpaired) electrons. The van der Waals surface area contributed by atoms with Gasteiger partial charge >= 0.3 is 0 Å². The molecule has 5 heteroatoms. The Morgan fingerprint density at radius 2 is 1.64 bits per heavy atom. The van der Waals surface area contributed by atoms with Crippen LogP contribution in [0.5, 0.6) is 5.75 Å². The fourth-order valence-corrected chi connectivity index (χ4v) is 2.86. The first-order valence-corrected chi connectivity index (χ1v) is 8.37. The van der Waals surface area contributed by atoms with Gasteiger partial charge in [-0.05, 0) is 48.0 Å². The van der Waals surface area contributed by atoms with Gasteiger partial charge in [0, 0.05) is 43.6 Å². The summed E-state index contributed by atoms with van der Waals surface area (Å²) in [6.07, 6.45) is 3.48. The maximum atomic E-state index is 12.4. The van der Waals surface area contributed by atoms with Gasteiger partial charge in [-0.25, -0.2) is 0 Å². The Morgan fingerprint density at radius 1 is 1.00 bits per heavy atom. The summed E-state index contributed by atoms with van der Waals surface area (Å²) >= 11 is 0. The van der Waals surface area contributed by atoms with Gasteiger partial charge in [0.05, 0.1) is 7.11 Å². The fourth-order valence-electron chi connectivity index (χ4n) is 2.86. The average molecular weight is 337 g/mol. The lowest BCUT2D eigenvalue weighted by Gasteiger charge is -2.35. The predicted octanol–water partition coefficient (Wildman–Crippen LogP) is 2.64. The van der Waals surface area contributed by atoms with Gasteiger partial charge in [-0.3, -0.25) is 4.79 Å². The van der Waals surface area contributed by atoms with E-state index in [2.05, 4.69) is 4.90 Å². The number of carbonyl (C=O) groups excluding carboxylic acids is 1. The predicted molar refractivity (Wildman–Crippen MR) is 102 cm³/mol. The van der Waals surface area contributed by atoms with Gasteiger partial charge in [-0.2, -0.15) is 0 Å². The number of ether oxygens (including phenoxy) is 1. The molecule has 5 nitrogen and oxygen atoms in total. The molecule has 1 aliphatic rings. The molecule has 2 aromatic carbocycles. The molecule has 25 heavy (non-hydrogen) atoms. The summed E-state index contributed by atoms with van der Waals surface area (Å²) in [4.78, 5) is 16.5. The number of anilines is 2. The van der Waals surface area contributed by atoms with Gasteiger partial charge < -0.3 is 20.3 Å². The molecule has 2 N–H and O–H groups in total. The highest BCUT2D eigenvalue weighted by molar-refractivity contribution is 5.92. The minimum atomic E-state index is 0.0489. The Bertz CT molecular complexity index is 731. The Balaban J connectivity index is 1.54. The highest BCUT2D eigenvalue weighted by Gasteiger charge is 2.19. The van der Waals surface area contributed by atoms with Crippen LogP contribution < -0.4 is 15.4 Å². The molecule has 0 saturated carbocycles. The van der Waals surface area contributed by atoms with Crippen molar-refractivity contribution < 1.29 is 9.53 Å². The largest absolute Gasteiger partial charge is 0.497 e. The number of nitrogens with two attached hydrogens (primary N) is 1. The molecule has 1 saturated heterocycles. The Labute approximate surface area is 148 Å². The van der Waals surface area contributed by atoms with Crippen molar-refractivity contribution in [3.63, 3.8) is 0 Å². The summed E-state index contributed by atoms with van der Waals surface area (Å²) in [5.41, 5.74) is 8.62. The molecule has 3 rings (SSSR count). The van der Waals surface area contributed by atoms with E-state index < -0.39 is 0 Å². The number of nitrogen functional groups attached to an aromatic ring is 1. The summed E-state index contributed by atoms with van der Waals surface area (Å²) < 4.78 is 5.13. The highest BCUT2D eigenvalue weighted by Crippen LogP contribution is 2.18. The fraction of sp³-hybridized carbons (Fsp3) is 0.250. The monoisotopic (exact) mass is 337 g/mol. The molecule has 1 fully saturated rings. The van der Waals surface area contributed by atoms with E-state index in [0.29, 0.717) is 0 Å². The smallest absolute Gasteiger partial charge is 0.246 e. The first-order valence-electron chi connectivity index (χ1n) is 8.37. The van der Waals surface area contributed by atoms with Crippen LogP contribution in [0.25, 0.3) is 6.08 Å². The number of hydrogen-bond acceptors (Lipinski definition) is 4. The number of nitrogens with zero attached hydrogens (tertiary/aromatic N) is 2. The quantitative estimate of drug-likeness (QED) is 0.688. The number of piperazine rings is 1. The van der Waals surface area contributed by atoms with Gasteiger partial charge in [0.1, 0.15) is 5.75 Å². The van der Waals surface area contributed by atoms with E-state index in [4.69, 9.17) is 10.5 Å². The summed E-state index contributed by atoms with van der Waals surface area (Å²) in [6.45, 7) is 3.09. The van der Waals surface area contributed by atoms with E-state index in [1.54, 1.807) is 13.2 Å². The molecular formula is C20H23N3O2. The van der Waals surface area contributed by atoms with Crippen LogP contribution in [0.3, 0.4) is 0 Å². The molecular weight excluding hydrogens is 314 g/mol. The minimum absolute atomic E-state index is 0.0489. The summed E-state index contributed by atoms with van der Waals surface area (Å²) in [5, 5.41) is 0. The summed E-state index contributed by atoms with van der Waals surface area (Å²) in [5.74, 6) is 0.857. The van der Waals surface area contributed by atoms with Gasteiger partial charge in [-0.1, -0.05) is 12.1 Å². The van der Waals surface area contributed by atoms with E-state index in [1.807, 2.05) is 59.5 Å². The molecule has 1 heterocycles. The number of amides is 1. The van der Waals surface area contributed by atoms with Crippen LogP contribution in [0, 0.1) is 0 Å². The molecule has 0 bridgehead atoms. The van der Waals surface area contributed by atoms with Gasteiger partial charge in [-0.15, -0.1) is 0 Å². The Kier molecular flexibility index (Phi) is 5.23. The lowest BCUT2D eigenvalue weighted by molar-refractivity contribution is -0.126. The minimum Gasteiger partial charge on any atom is -0.497 e. The summed E-state index contributed by atoms with van der Waals surface area (Å²) in [7, 11) is 1.64. The van der Waals surface area contributed by atoms with Gasteiger partial charge in [0.2, 0.25) is 5.91 Å². The van der Waals surface area contributed by atoms with E-state index >= 15 is 0 Å². The zero-order valence-corrected chi connectivity index (χ0v) is 14.4. The molecule has 0 unspecified atom stereocenters. The number of rotatable bonds is 4. The van der Waals surface area contributed by atoms with Crippen molar-refractivity contribution in [2.75, 3.05) is 43.9 Å². The van der Waals surface area contributed by atoms with Crippen LogP contribution in [-0.2, 0) is 4.79 Å². The normalized spacial score (nSPS) is 14.8. The molecule has 0 aromatic heterocycles. The molecule has 0 spiro atoms. The number of carbonyl (C=O) groups is 1. The first kappa shape index (κ1) is 16.9. The van der Waals surface area contributed by atoms with E-state index in [9.17, 15) is 4.79 Å². The standard InChI is InChI=1S/C20H23N3O2/c1-25-19-9-2-16(3-10-19)4-11-20(24)23-14-12-22(13-15-23)18-7-5-17(21)6-8-18/h2-11H,12-15,21H2,1H3/b11-4+. The number of methoxy groups -OCH3 is 1. The zero-order valence-electron chi connectivity index (χ0n) is 14.4. The third kappa shape index (κ3) is 4.32.